The van der Waals surface area contributed by atoms with Crippen molar-refractivity contribution in [1.82, 2.24) is 10.6 Å². The summed E-state index contributed by atoms with van der Waals surface area (Å²) in [6.45, 7) is 9.64. The van der Waals surface area contributed by atoms with E-state index in [0.29, 0.717) is 6.42 Å². The Bertz CT molecular complexity index is 278. The summed E-state index contributed by atoms with van der Waals surface area (Å²) in [6, 6.07) is 0. The van der Waals surface area contributed by atoms with Crippen LogP contribution in [0.15, 0.2) is 0 Å². The van der Waals surface area contributed by atoms with Gasteiger partial charge in [0.05, 0.1) is 12.0 Å². The molecule has 17 heavy (non-hydrogen) atoms. The monoisotopic (exact) mass is 243 g/mol. The SMILES string of the molecule is CCC(C)(CN)C(=O)NCC(=O)NC(C)(C)C. The van der Waals surface area contributed by atoms with Crippen LogP contribution in [0.2, 0.25) is 0 Å². The molecule has 0 aromatic carbocycles. The van der Waals surface area contributed by atoms with Gasteiger partial charge in [-0.2, -0.15) is 0 Å². The number of rotatable bonds is 5. The molecule has 0 rings (SSSR count). The maximum Gasteiger partial charge on any atom is 0.239 e. The number of amides is 2. The Labute approximate surface area is 104 Å². The Kier molecular flexibility index (Phi) is 5.61. The minimum atomic E-state index is -0.595. The highest BCUT2D eigenvalue weighted by atomic mass is 16.2. The molecule has 2 amide bonds. The van der Waals surface area contributed by atoms with Crippen LogP contribution in [0.1, 0.15) is 41.0 Å². The summed E-state index contributed by atoms with van der Waals surface area (Å²) in [5.74, 6) is -0.368. The molecule has 5 heteroatoms. The van der Waals surface area contributed by atoms with Crippen molar-refractivity contribution >= 4 is 11.8 Å². The molecule has 1 atom stereocenters. The maximum absolute atomic E-state index is 11.8. The Hall–Kier alpha value is -1.10. The van der Waals surface area contributed by atoms with E-state index in [2.05, 4.69) is 10.6 Å². The van der Waals surface area contributed by atoms with Gasteiger partial charge in [-0.25, -0.2) is 0 Å². The third-order valence-corrected chi connectivity index (χ3v) is 2.70. The topological polar surface area (TPSA) is 84.2 Å². The molecule has 0 fully saturated rings. The molecule has 0 aliphatic rings. The molecule has 0 heterocycles. The summed E-state index contributed by atoms with van der Waals surface area (Å²) < 4.78 is 0. The summed E-state index contributed by atoms with van der Waals surface area (Å²) >= 11 is 0. The quantitative estimate of drug-likeness (QED) is 0.653. The normalized spacial score (nSPS) is 14.9. The van der Waals surface area contributed by atoms with Gasteiger partial charge in [0.1, 0.15) is 0 Å². The fraction of sp³-hybridized carbons (Fsp3) is 0.833. The fourth-order valence-corrected chi connectivity index (χ4v) is 1.23. The van der Waals surface area contributed by atoms with Crippen LogP contribution in [0.3, 0.4) is 0 Å². The molecule has 0 aliphatic heterocycles. The van der Waals surface area contributed by atoms with E-state index in [4.69, 9.17) is 5.73 Å². The molecule has 0 aromatic rings. The van der Waals surface area contributed by atoms with Gasteiger partial charge in [-0.05, 0) is 34.1 Å². The molecule has 1 unspecified atom stereocenters. The highest BCUT2D eigenvalue weighted by Gasteiger charge is 2.29. The van der Waals surface area contributed by atoms with Gasteiger partial charge < -0.3 is 16.4 Å². The average Bonchev–Trinajstić information content (AvgIpc) is 2.22. The number of hydrogen-bond donors (Lipinski definition) is 3. The van der Waals surface area contributed by atoms with E-state index < -0.39 is 5.41 Å². The Balaban J connectivity index is 4.21. The van der Waals surface area contributed by atoms with Crippen molar-refractivity contribution < 1.29 is 9.59 Å². The first-order valence-corrected chi connectivity index (χ1v) is 5.94. The van der Waals surface area contributed by atoms with E-state index in [-0.39, 0.29) is 30.4 Å². The molecule has 0 saturated heterocycles. The van der Waals surface area contributed by atoms with Gasteiger partial charge in [0.25, 0.3) is 0 Å². The molecule has 0 aromatic heterocycles. The average molecular weight is 243 g/mol. The maximum atomic E-state index is 11.8. The van der Waals surface area contributed by atoms with Crippen LogP contribution in [0, 0.1) is 5.41 Å². The second-order valence-electron chi connectivity index (χ2n) is 5.60. The number of carbonyl (C=O) groups is 2. The molecule has 4 N–H and O–H groups in total. The number of carbonyl (C=O) groups excluding carboxylic acids is 2. The van der Waals surface area contributed by atoms with Crippen LogP contribution in [-0.2, 0) is 9.59 Å². The largest absolute Gasteiger partial charge is 0.350 e. The van der Waals surface area contributed by atoms with Crippen molar-refractivity contribution in [2.45, 2.75) is 46.6 Å². The number of hydrogen-bond acceptors (Lipinski definition) is 3. The summed E-state index contributed by atoms with van der Waals surface area (Å²) in [5.41, 5.74) is 4.68. The third kappa shape index (κ3) is 5.68. The van der Waals surface area contributed by atoms with Crippen LogP contribution in [0.25, 0.3) is 0 Å². The zero-order valence-corrected chi connectivity index (χ0v) is 11.5. The molecule has 0 bridgehead atoms. The van der Waals surface area contributed by atoms with Gasteiger partial charge in [-0.3, -0.25) is 9.59 Å². The lowest BCUT2D eigenvalue weighted by molar-refractivity contribution is -0.132. The second-order valence-corrected chi connectivity index (χ2v) is 5.60. The summed E-state index contributed by atoms with van der Waals surface area (Å²) in [5, 5.41) is 5.39. The Morgan fingerprint density at radius 3 is 2.06 bits per heavy atom. The van der Waals surface area contributed by atoms with Gasteiger partial charge in [0.15, 0.2) is 0 Å². The number of nitrogens with one attached hydrogen (secondary N) is 2. The Morgan fingerprint density at radius 2 is 1.71 bits per heavy atom. The van der Waals surface area contributed by atoms with Crippen LogP contribution >= 0.6 is 0 Å². The standard InChI is InChI=1S/C12H25N3O2/c1-6-12(5,8-13)10(17)14-7-9(16)15-11(2,3)4/h6-8,13H2,1-5H3,(H,14,17)(H,15,16). The van der Waals surface area contributed by atoms with E-state index >= 15 is 0 Å². The van der Waals surface area contributed by atoms with Crippen LogP contribution in [-0.4, -0.2) is 30.4 Å². The van der Waals surface area contributed by atoms with E-state index in [1.807, 2.05) is 27.7 Å². The van der Waals surface area contributed by atoms with E-state index in [9.17, 15) is 9.59 Å². The van der Waals surface area contributed by atoms with E-state index in [1.54, 1.807) is 6.92 Å². The van der Waals surface area contributed by atoms with Crippen molar-refractivity contribution in [3.63, 3.8) is 0 Å². The summed E-state index contributed by atoms with van der Waals surface area (Å²) in [6.07, 6.45) is 0.649. The zero-order chi connectivity index (χ0) is 13.7. The van der Waals surface area contributed by atoms with Gasteiger partial charge >= 0.3 is 0 Å². The Morgan fingerprint density at radius 1 is 1.18 bits per heavy atom. The minimum absolute atomic E-state index is 0.00824. The van der Waals surface area contributed by atoms with Crippen molar-refractivity contribution in [2.75, 3.05) is 13.1 Å². The first-order valence-electron chi connectivity index (χ1n) is 5.94. The third-order valence-electron chi connectivity index (χ3n) is 2.70. The van der Waals surface area contributed by atoms with Crippen molar-refractivity contribution in [1.29, 1.82) is 0 Å². The second kappa shape index (κ2) is 6.00. The lowest BCUT2D eigenvalue weighted by atomic mass is 9.87. The van der Waals surface area contributed by atoms with Crippen molar-refractivity contribution in [3.8, 4) is 0 Å². The predicted octanol–water partition coefficient (Wildman–Crippen LogP) is 0.392. The fourth-order valence-electron chi connectivity index (χ4n) is 1.23. The highest BCUT2D eigenvalue weighted by Crippen LogP contribution is 2.18. The van der Waals surface area contributed by atoms with E-state index in [0.717, 1.165) is 0 Å². The lowest BCUT2D eigenvalue weighted by Crippen LogP contribution is -2.49. The highest BCUT2D eigenvalue weighted by molar-refractivity contribution is 5.88. The van der Waals surface area contributed by atoms with E-state index in [1.165, 1.54) is 0 Å². The molecule has 0 saturated carbocycles. The molecule has 0 aliphatic carbocycles. The summed E-state index contributed by atoms with van der Waals surface area (Å²) in [4.78, 5) is 23.3. The van der Waals surface area contributed by atoms with Crippen molar-refractivity contribution in [3.05, 3.63) is 0 Å². The van der Waals surface area contributed by atoms with Crippen LogP contribution in [0.4, 0.5) is 0 Å². The molecular formula is C12H25N3O2. The zero-order valence-electron chi connectivity index (χ0n) is 11.5. The predicted molar refractivity (Wildman–Crippen MR) is 68.4 cm³/mol. The number of nitrogens with two attached hydrogens (primary N) is 1. The van der Waals surface area contributed by atoms with Crippen molar-refractivity contribution in [2.24, 2.45) is 11.1 Å². The molecular weight excluding hydrogens is 218 g/mol. The van der Waals surface area contributed by atoms with Gasteiger partial charge in [0.2, 0.25) is 11.8 Å². The van der Waals surface area contributed by atoms with Crippen LogP contribution < -0.4 is 16.4 Å². The smallest absolute Gasteiger partial charge is 0.239 e. The molecule has 100 valence electrons. The van der Waals surface area contributed by atoms with Gasteiger partial charge in [-0.15, -0.1) is 0 Å². The molecule has 0 radical (unpaired) electrons. The lowest BCUT2D eigenvalue weighted by Gasteiger charge is -2.25. The molecule has 0 spiro atoms. The minimum Gasteiger partial charge on any atom is -0.350 e. The van der Waals surface area contributed by atoms with Gasteiger partial charge in [-0.1, -0.05) is 6.92 Å². The van der Waals surface area contributed by atoms with Crippen LogP contribution in [0.5, 0.6) is 0 Å². The first-order chi connectivity index (χ1) is 7.64. The summed E-state index contributed by atoms with van der Waals surface area (Å²) in [7, 11) is 0. The first kappa shape index (κ1) is 15.9. The molecule has 5 nitrogen and oxygen atoms in total. The van der Waals surface area contributed by atoms with Gasteiger partial charge in [0, 0.05) is 12.1 Å².